The van der Waals surface area contributed by atoms with Crippen LogP contribution in [-0.4, -0.2) is 5.97 Å². The molecular weight excluding hydrogens is 308 g/mol. The Kier molecular flexibility index (Phi) is 6.76. The number of aryl methyl sites for hydroxylation is 2. The third-order valence-corrected chi connectivity index (χ3v) is 4.33. The van der Waals surface area contributed by atoms with Crippen molar-refractivity contribution in [3.05, 3.63) is 82.9 Å². The van der Waals surface area contributed by atoms with Crippen LogP contribution in [0.5, 0.6) is 5.75 Å². The van der Waals surface area contributed by atoms with Crippen LogP contribution in [0.25, 0.3) is 6.08 Å². The molecule has 2 aromatic rings. The van der Waals surface area contributed by atoms with Gasteiger partial charge in [-0.15, -0.1) is 0 Å². The lowest BCUT2D eigenvalue weighted by molar-refractivity contribution is -0.128. The summed E-state index contributed by atoms with van der Waals surface area (Å²) in [4.78, 5) is 11.9. The molecule has 0 fully saturated rings. The first kappa shape index (κ1) is 18.7. The second-order valence-electron chi connectivity index (χ2n) is 6.38. The van der Waals surface area contributed by atoms with Gasteiger partial charge in [0.15, 0.2) is 0 Å². The van der Waals surface area contributed by atoms with Crippen LogP contribution in [0.2, 0.25) is 0 Å². The fourth-order valence-corrected chi connectivity index (χ4v) is 2.48. The topological polar surface area (TPSA) is 26.3 Å². The molecule has 0 N–H and O–H groups in total. The molecule has 0 aliphatic carbocycles. The van der Waals surface area contributed by atoms with E-state index in [-0.39, 0.29) is 5.97 Å². The van der Waals surface area contributed by atoms with Gasteiger partial charge in [0.25, 0.3) is 0 Å². The van der Waals surface area contributed by atoms with Crippen molar-refractivity contribution in [3.63, 3.8) is 0 Å². The van der Waals surface area contributed by atoms with E-state index in [0.29, 0.717) is 11.7 Å². The third-order valence-electron chi connectivity index (χ3n) is 4.33. The van der Waals surface area contributed by atoms with Crippen molar-refractivity contribution in [2.24, 2.45) is 0 Å². The summed E-state index contributed by atoms with van der Waals surface area (Å²) < 4.78 is 5.32. The van der Waals surface area contributed by atoms with E-state index in [4.69, 9.17) is 4.74 Å². The summed E-state index contributed by atoms with van der Waals surface area (Å²) in [5.74, 6) is 0.710. The van der Waals surface area contributed by atoms with Crippen LogP contribution in [0.3, 0.4) is 0 Å². The van der Waals surface area contributed by atoms with Crippen molar-refractivity contribution in [2.45, 2.75) is 40.0 Å². The monoisotopic (exact) mass is 334 g/mol. The summed E-state index contributed by atoms with van der Waals surface area (Å²) in [6.07, 6.45) is 8.08. The summed E-state index contributed by atoms with van der Waals surface area (Å²) in [6.45, 7) is 8.48. The first-order chi connectivity index (χ1) is 12.0. The number of carbonyl (C=O) groups is 1. The Balaban J connectivity index is 1.92. The summed E-state index contributed by atoms with van der Waals surface area (Å²) in [7, 11) is 0. The maximum absolute atomic E-state index is 11.9. The van der Waals surface area contributed by atoms with Gasteiger partial charge in [0.1, 0.15) is 5.75 Å². The van der Waals surface area contributed by atoms with E-state index in [1.54, 1.807) is 6.08 Å². The second-order valence-corrected chi connectivity index (χ2v) is 6.38. The van der Waals surface area contributed by atoms with E-state index in [0.717, 1.165) is 12.0 Å². The number of esters is 1. The smallest absolute Gasteiger partial charge is 0.336 e. The molecule has 2 aromatic carbocycles. The maximum atomic E-state index is 11.9. The van der Waals surface area contributed by atoms with E-state index >= 15 is 0 Å². The fourth-order valence-electron chi connectivity index (χ4n) is 2.48. The van der Waals surface area contributed by atoms with Gasteiger partial charge >= 0.3 is 5.97 Å². The molecule has 2 rings (SSSR count). The Morgan fingerprint density at radius 1 is 1.08 bits per heavy atom. The zero-order valence-electron chi connectivity index (χ0n) is 15.5. The molecule has 0 saturated heterocycles. The lowest BCUT2D eigenvalue weighted by Gasteiger charge is -2.09. The summed E-state index contributed by atoms with van der Waals surface area (Å²) in [5.41, 5.74) is 4.83. The summed E-state index contributed by atoms with van der Waals surface area (Å²) >= 11 is 0. The van der Waals surface area contributed by atoms with Crippen LogP contribution >= 0.6 is 0 Å². The minimum Gasteiger partial charge on any atom is -0.423 e. The Morgan fingerprint density at radius 3 is 2.48 bits per heavy atom. The first-order valence-corrected chi connectivity index (χ1v) is 8.73. The quantitative estimate of drug-likeness (QED) is 0.281. The van der Waals surface area contributed by atoms with Gasteiger partial charge in [0, 0.05) is 6.08 Å². The van der Waals surface area contributed by atoms with Crippen LogP contribution in [0, 0.1) is 13.8 Å². The average molecular weight is 334 g/mol. The van der Waals surface area contributed by atoms with E-state index in [2.05, 4.69) is 45.9 Å². The highest BCUT2D eigenvalue weighted by Gasteiger charge is 2.04. The molecule has 0 spiro atoms. The summed E-state index contributed by atoms with van der Waals surface area (Å²) in [6, 6.07) is 14.0. The van der Waals surface area contributed by atoms with E-state index < -0.39 is 0 Å². The highest BCUT2D eigenvalue weighted by molar-refractivity contribution is 5.84. The standard InChI is InChI=1S/C23H26O2/c1-5-18(3)20-12-14-22(15-13-20)25-23(24)9-7-6-8-21-16-17(2)10-11-19(21)4/h6-16,18H,5H2,1-4H3/b8-6+,9-7+. The van der Waals surface area contributed by atoms with Gasteiger partial charge in [-0.2, -0.15) is 0 Å². The van der Waals surface area contributed by atoms with Crippen LogP contribution in [0.15, 0.2) is 60.7 Å². The lowest BCUT2D eigenvalue weighted by Crippen LogP contribution is -2.03. The molecular formula is C23H26O2. The highest BCUT2D eigenvalue weighted by atomic mass is 16.5. The van der Waals surface area contributed by atoms with Gasteiger partial charge < -0.3 is 4.74 Å². The molecule has 25 heavy (non-hydrogen) atoms. The highest BCUT2D eigenvalue weighted by Crippen LogP contribution is 2.21. The Labute approximate surface area is 150 Å². The molecule has 1 unspecified atom stereocenters. The molecule has 0 saturated carbocycles. The zero-order valence-corrected chi connectivity index (χ0v) is 15.5. The Morgan fingerprint density at radius 2 is 1.80 bits per heavy atom. The Bertz CT molecular complexity index is 767. The molecule has 0 aliphatic rings. The van der Waals surface area contributed by atoms with Crippen LogP contribution in [0.4, 0.5) is 0 Å². The van der Waals surface area contributed by atoms with Crippen molar-refractivity contribution >= 4 is 12.0 Å². The van der Waals surface area contributed by atoms with Crippen molar-refractivity contribution in [2.75, 3.05) is 0 Å². The normalized spacial score (nSPS) is 12.6. The number of ether oxygens (including phenoxy) is 1. The van der Waals surface area contributed by atoms with E-state index in [1.165, 1.54) is 22.8 Å². The average Bonchev–Trinajstić information content (AvgIpc) is 2.61. The molecule has 2 nitrogen and oxygen atoms in total. The number of rotatable bonds is 6. The largest absolute Gasteiger partial charge is 0.423 e. The first-order valence-electron chi connectivity index (χ1n) is 8.73. The van der Waals surface area contributed by atoms with Crippen molar-refractivity contribution < 1.29 is 9.53 Å². The number of benzene rings is 2. The molecule has 0 amide bonds. The Hall–Kier alpha value is -2.61. The van der Waals surface area contributed by atoms with Crippen molar-refractivity contribution in [1.82, 2.24) is 0 Å². The van der Waals surface area contributed by atoms with Gasteiger partial charge in [0.2, 0.25) is 0 Å². The minimum atomic E-state index is -0.373. The van der Waals surface area contributed by atoms with Crippen molar-refractivity contribution in [3.8, 4) is 5.75 Å². The SMILES string of the molecule is CCC(C)c1ccc(OC(=O)/C=C/C=C/c2cc(C)ccc2C)cc1. The molecule has 0 heterocycles. The van der Waals surface area contributed by atoms with Crippen LogP contribution in [-0.2, 0) is 4.79 Å². The zero-order chi connectivity index (χ0) is 18.2. The predicted molar refractivity (Wildman–Crippen MR) is 105 cm³/mol. The number of allylic oxidation sites excluding steroid dienone is 2. The van der Waals surface area contributed by atoms with Gasteiger partial charge in [-0.1, -0.05) is 68.0 Å². The molecule has 1 atom stereocenters. The molecule has 0 aliphatic heterocycles. The van der Waals surface area contributed by atoms with Crippen LogP contribution in [0.1, 0.15) is 48.4 Å². The second kappa shape index (κ2) is 9.03. The maximum Gasteiger partial charge on any atom is 0.336 e. The third kappa shape index (κ3) is 5.75. The number of carbonyl (C=O) groups excluding carboxylic acids is 1. The lowest BCUT2D eigenvalue weighted by atomic mass is 9.99. The molecule has 130 valence electrons. The van der Waals surface area contributed by atoms with Gasteiger partial charge in [-0.05, 0) is 55.0 Å². The van der Waals surface area contributed by atoms with Crippen molar-refractivity contribution in [1.29, 1.82) is 0 Å². The van der Waals surface area contributed by atoms with E-state index in [9.17, 15) is 4.79 Å². The van der Waals surface area contributed by atoms with Gasteiger partial charge in [0.05, 0.1) is 0 Å². The fraction of sp³-hybridized carbons (Fsp3) is 0.261. The molecule has 2 heteroatoms. The predicted octanol–water partition coefficient (Wildman–Crippen LogP) is 5.99. The number of hydrogen-bond acceptors (Lipinski definition) is 2. The minimum absolute atomic E-state index is 0.373. The van der Waals surface area contributed by atoms with Gasteiger partial charge in [-0.3, -0.25) is 0 Å². The summed E-state index contributed by atoms with van der Waals surface area (Å²) in [5, 5.41) is 0. The van der Waals surface area contributed by atoms with Gasteiger partial charge in [-0.25, -0.2) is 4.79 Å². The molecule has 0 radical (unpaired) electrons. The molecule has 0 bridgehead atoms. The number of hydrogen-bond donors (Lipinski definition) is 0. The van der Waals surface area contributed by atoms with Crippen LogP contribution < -0.4 is 4.74 Å². The van der Waals surface area contributed by atoms with E-state index in [1.807, 2.05) is 36.4 Å². The molecule has 0 aromatic heterocycles.